The highest BCUT2D eigenvalue weighted by molar-refractivity contribution is 7.99. The number of nitrogens with one attached hydrogen (secondary N) is 2. The molecule has 3 aromatic rings. The quantitative estimate of drug-likeness (QED) is 0.673. The largest absolute Gasteiger partial charge is 0.488 e. The number of para-hydroxylation sites is 1. The Kier molecular flexibility index (Phi) is 4.50. The predicted molar refractivity (Wildman–Crippen MR) is 94.3 cm³/mol. The summed E-state index contributed by atoms with van der Waals surface area (Å²) in [7, 11) is 0. The van der Waals surface area contributed by atoms with Gasteiger partial charge >= 0.3 is 0 Å². The Hall–Kier alpha value is -2.61. The van der Waals surface area contributed by atoms with E-state index in [1.807, 2.05) is 24.3 Å². The van der Waals surface area contributed by atoms with Gasteiger partial charge < -0.3 is 15.0 Å². The fourth-order valence-corrected chi connectivity index (χ4v) is 3.55. The van der Waals surface area contributed by atoms with Crippen molar-refractivity contribution in [1.82, 2.24) is 15.3 Å². The number of rotatable bonds is 5. The molecule has 0 fully saturated rings. The number of thioether (sulfide) groups is 1. The number of halogens is 2. The summed E-state index contributed by atoms with van der Waals surface area (Å²) in [5, 5.41) is 3.27. The van der Waals surface area contributed by atoms with E-state index in [2.05, 4.69) is 15.3 Å². The summed E-state index contributed by atoms with van der Waals surface area (Å²) in [6.07, 6.45) is 0.697. The average molecular weight is 375 g/mol. The van der Waals surface area contributed by atoms with Crippen molar-refractivity contribution in [2.24, 2.45) is 0 Å². The first-order chi connectivity index (χ1) is 12.6. The molecule has 4 rings (SSSR count). The van der Waals surface area contributed by atoms with E-state index >= 15 is 0 Å². The second kappa shape index (κ2) is 6.95. The Labute approximate surface area is 152 Å². The predicted octanol–water partition coefficient (Wildman–Crippen LogP) is 3.05. The van der Waals surface area contributed by atoms with Gasteiger partial charge in [0.05, 0.1) is 23.3 Å². The normalized spacial score (nSPS) is 15.7. The Morgan fingerprint density at radius 3 is 2.96 bits per heavy atom. The first-order valence-corrected chi connectivity index (χ1v) is 9.06. The molecule has 5 nitrogen and oxygen atoms in total. The molecule has 1 unspecified atom stereocenters. The van der Waals surface area contributed by atoms with Gasteiger partial charge in [-0.2, -0.15) is 0 Å². The van der Waals surface area contributed by atoms with Crippen LogP contribution in [0.5, 0.6) is 5.75 Å². The van der Waals surface area contributed by atoms with E-state index in [0.29, 0.717) is 22.7 Å². The number of H-pyrrole nitrogens is 1. The van der Waals surface area contributed by atoms with Crippen LogP contribution in [0.1, 0.15) is 5.56 Å². The van der Waals surface area contributed by atoms with E-state index in [1.165, 1.54) is 11.8 Å². The van der Waals surface area contributed by atoms with Crippen molar-refractivity contribution in [3.05, 3.63) is 53.6 Å². The van der Waals surface area contributed by atoms with Crippen LogP contribution >= 0.6 is 11.8 Å². The summed E-state index contributed by atoms with van der Waals surface area (Å²) in [6.45, 7) is 0.421. The lowest BCUT2D eigenvalue weighted by atomic mass is 10.1. The van der Waals surface area contributed by atoms with Crippen molar-refractivity contribution in [3.8, 4) is 5.75 Å². The van der Waals surface area contributed by atoms with Gasteiger partial charge in [-0.15, -0.1) is 0 Å². The van der Waals surface area contributed by atoms with Crippen LogP contribution in [0, 0.1) is 11.6 Å². The van der Waals surface area contributed by atoms with Crippen LogP contribution < -0.4 is 10.1 Å². The zero-order valence-corrected chi connectivity index (χ0v) is 14.4. The van der Waals surface area contributed by atoms with Crippen LogP contribution in [-0.4, -0.2) is 34.3 Å². The van der Waals surface area contributed by atoms with Crippen LogP contribution in [0.4, 0.5) is 8.78 Å². The maximum absolute atomic E-state index is 13.2. The number of fused-ring (bicyclic) bond motifs is 2. The molecule has 1 amide bonds. The molecule has 1 aromatic heterocycles. The van der Waals surface area contributed by atoms with E-state index in [9.17, 15) is 13.6 Å². The third kappa shape index (κ3) is 3.50. The van der Waals surface area contributed by atoms with Gasteiger partial charge in [0.25, 0.3) is 0 Å². The molecule has 0 aliphatic carbocycles. The van der Waals surface area contributed by atoms with Gasteiger partial charge in [-0.25, -0.2) is 13.8 Å². The molecule has 0 radical (unpaired) electrons. The summed E-state index contributed by atoms with van der Waals surface area (Å²) < 4.78 is 32.2. The number of hydrogen-bond donors (Lipinski definition) is 2. The molecule has 0 spiro atoms. The summed E-state index contributed by atoms with van der Waals surface area (Å²) in [5.74, 6) is -1.04. The van der Waals surface area contributed by atoms with Crippen LogP contribution in [0.2, 0.25) is 0 Å². The lowest BCUT2D eigenvalue weighted by Gasteiger charge is -2.11. The van der Waals surface area contributed by atoms with Crippen molar-refractivity contribution in [2.45, 2.75) is 17.7 Å². The lowest BCUT2D eigenvalue weighted by molar-refractivity contribution is -0.118. The third-order valence-electron chi connectivity index (χ3n) is 4.08. The minimum Gasteiger partial charge on any atom is -0.488 e. The summed E-state index contributed by atoms with van der Waals surface area (Å²) >= 11 is 1.17. The molecular formula is C18H15F2N3O2S. The first-order valence-electron chi connectivity index (χ1n) is 8.07. The molecule has 134 valence electrons. The van der Waals surface area contributed by atoms with Gasteiger partial charge in [0, 0.05) is 18.6 Å². The molecule has 0 saturated carbocycles. The van der Waals surface area contributed by atoms with Gasteiger partial charge in [-0.05, 0) is 11.6 Å². The van der Waals surface area contributed by atoms with Crippen molar-refractivity contribution >= 4 is 28.7 Å². The van der Waals surface area contributed by atoms with Gasteiger partial charge in [0.2, 0.25) is 5.91 Å². The lowest BCUT2D eigenvalue weighted by Crippen LogP contribution is -2.35. The maximum atomic E-state index is 13.2. The first kappa shape index (κ1) is 16.8. The number of imidazole rings is 1. The number of aromatic nitrogens is 2. The summed E-state index contributed by atoms with van der Waals surface area (Å²) in [6, 6.07) is 9.89. The van der Waals surface area contributed by atoms with Crippen molar-refractivity contribution in [3.63, 3.8) is 0 Å². The van der Waals surface area contributed by atoms with E-state index in [-0.39, 0.29) is 17.8 Å². The smallest absolute Gasteiger partial charge is 0.230 e. The zero-order valence-electron chi connectivity index (χ0n) is 13.6. The van der Waals surface area contributed by atoms with Gasteiger partial charge in [-0.1, -0.05) is 30.0 Å². The summed E-state index contributed by atoms with van der Waals surface area (Å²) in [4.78, 5) is 19.0. The number of ether oxygens (including phenoxy) is 1. The Bertz CT molecular complexity index is 912. The zero-order chi connectivity index (χ0) is 18.1. The van der Waals surface area contributed by atoms with Crippen LogP contribution in [0.3, 0.4) is 0 Å². The van der Waals surface area contributed by atoms with Crippen LogP contribution in [0.15, 0.2) is 41.6 Å². The molecule has 0 bridgehead atoms. The molecular weight excluding hydrogens is 360 g/mol. The van der Waals surface area contributed by atoms with Crippen molar-refractivity contribution < 1.29 is 18.3 Å². The van der Waals surface area contributed by atoms with Crippen LogP contribution in [-0.2, 0) is 11.2 Å². The molecule has 26 heavy (non-hydrogen) atoms. The second-order valence-corrected chi connectivity index (χ2v) is 6.93. The molecule has 1 aliphatic rings. The number of hydrogen-bond acceptors (Lipinski definition) is 4. The molecule has 2 aromatic carbocycles. The highest BCUT2D eigenvalue weighted by Gasteiger charge is 2.22. The second-order valence-electron chi connectivity index (χ2n) is 5.97. The van der Waals surface area contributed by atoms with Gasteiger partial charge in [0.15, 0.2) is 16.8 Å². The Balaban J connectivity index is 1.28. The van der Waals surface area contributed by atoms with Crippen molar-refractivity contribution in [1.29, 1.82) is 0 Å². The Morgan fingerprint density at radius 1 is 1.31 bits per heavy atom. The topological polar surface area (TPSA) is 67.0 Å². The SMILES string of the molecule is O=C(CSc1nc2cc(F)c(F)cc2[nH]1)NCC1Cc2ccccc2O1. The number of carbonyl (C=O) groups is 1. The summed E-state index contributed by atoms with van der Waals surface area (Å²) in [5.41, 5.74) is 1.86. The van der Waals surface area contributed by atoms with E-state index in [4.69, 9.17) is 4.74 Å². The van der Waals surface area contributed by atoms with E-state index in [0.717, 1.165) is 29.9 Å². The van der Waals surface area contributed by atoms with Crippen LogP contribution in [0.25, 0.3) is 11.0 Å². The molecule has 1 atom stereocenters. The minimum atomic E-state index is -0.948. The molecule has 8 heteroatoms. The number of nitrogens with zero attached hydrogens (tertiary/aromatic N) is 1. The third-order valence-corrected chi connectivity index (χ3v) is 4.96. The number of aromatic amines is 1. The number of carbonyl (C=O) groups excluding carboxylic acids is 1. The molecule has 1 aliphatic heterocycles. The number of amides is 1. The van der Waals surface area contributed by atoms with Gasteiger partial charge in [-0.3, -0.25) is 4.79 Å². The standard InChI is InChI=1S/C18H15F2N3O2S/c19-12-6-14-15(7-13(12)20)23-18(22-14)26-9-17(24)21-8-11-5-10-3-1-2-4-16(10)25-11/h1-4,6-7,11H,5,8-9H2,(H,21,24)(H,22,23). The van der Waals surface area contributed by atoms with E-state index in [1.54, 1.807) is 0 Å². The maximum Gasteiger partial charge on any atom is 0.230 e. The van der Waals surface area contributed by atoms with E-state index < -0.39 is 11.6 Å². The van der Waals surface area contributed by atoms with Gasteiger partial charge in [0.1, 0.15) is 11.9 Å². The average Bonchev–Trinajstić information content (AvgIpc) is 3.21. The highest BCUT2D eigenvalue weighted by Crippen LogP contribution is 2.27. The monoisotopic (exact) mass is 375 g/mol. The molecule has 2 N–H and O–H groups in total. The minimum absolute atomic E-state index is 0.0708. The number of benzene rings is 2. The Morgan fingerprint density at radius 2 is 2.12 bits per heavy atom. The fraction of sp³-hybridized carbons (Fsp3) is 0.222. The highest BCUT2D eigenvalue weighted by atomic mass is 32.2. The molecule has 0 saturated heterocycles. The van der Waals surface area contributed by atoms with Crippen molar-refractivity contribution in [2.75, 3.05) is 12.3 Å². The molecule has 2 heterocycles. The fourth-order valence-electron chi connectivity index (χ4n) is 2.83.